The van der Waals surface area contributed by atoms with Crippen LogP contribution in [0.5, 0.6) is 0 Å². The lowest BCUT2D eigenvalue weighted by atomic mass is 9.88. The van der Waals surface area contributed by atoms with Crippen LogP contribution in [0.4, 0.5) is 0 Å². The van der Waals surface area contributed by atoms with E-state index in [9.17, 15) is 0 Å². The summed E-state index contributed by atoms with van der Waals surface area (Å²) in [5.74, 6) is 0.435. The molecular weight excluding hydrogens is 601 g/mol. The minimum atomic E-state index is -1.06. The van der Waals surface area contributed by atoms with Crippen LogP contribution in [0.2, 0.25) is 0 Å². The molecule has 4 fully saturated rings. The van der Waals surface area contributed by atoms with Crippen LogP contribution in [0.25, 0.3) is 0 Å². The smallest absolute Gasteiger partial charge is 0.0300 e. The van der Waals surface area contributed by atoms with Crippen molar-refractivity contribution >= 4 is 0 Å². The molecule has 0 nitrogen and oxygen atoms in total. The van der Waals surface area contributed by atoms with Crippen molar-refractivity contribution in [3.63, 3.8) is 0 Å². The first-order valence-electron chi connectivity index (χ1n) is 26.8. The van der Waals surface area contributed by atoms with Crippen LogP contribution in [0, 0.1) is 46.3 Å². The molecule has 0 heterocycles. The maximum atomic E-state index is 7.63. The van der Waals surface area contributed by atoms with E-state index in [-0.39, 0.29) is 29.0 Å². The molecule has 4 rings (SSSR count). The maximum absolute atomic E-state index is 7.63. The SMILES string of the molecule is CC.CC(C)(C)C.[2H]C(C)(C)C.[2H]C([2H])(C)C(C)(C)C.[2H]C([2H])(C)C(C)C.[2H]C([2H])(C)C1CCCC1.[2H]C([2H])(C)C1CCCCC1.[2H]C1(C)CCCC1.[2H]C1(C)CCCCC1. The molecule has 0 amide bonds. The van der Waals surface area contributed by atoms with Crippen molar-refractivity contribution in [2.45, 2.75) is 280 Å². The van der Waals surface area contributed by atoms with E-state index in [1.807, 2.05) is 83.1 Å². The summed E-state index contributed by atoms with van der Waals surface area (Å²) in [5, 5.41) is 0. The molecule has 0 aromatic heterocycles. The Bertz CT molecular complexity index is 925. The Morgan fingerprint density at radius 2 is 0.700 bits per heavy atom. The molecular formula is C50H110. The average molecular weight is 722 g/mol. The highest BCUT2D eigenvalue weighted by Gasteiger charge is 2.11. The summed E-state index contributed by atoms with van der Waals surface area (Å²) in [6.45, 7) is 38.4. The molecule has 50 heavy (non-hydrogen) atoms. The van der Waals surface area contributed by atoms with Gasteiger partial charge in [0, 0.05) is 15.1 Å². The highest BCUT2D eigenvalue weighted by atomic mass is 14.2. The first-order valence-corrected chi connectivity index (χ1v) is 21.3. The van der Waals surface area contributed by atoms with Crippen LogP contribution in [0.3, 0.4) is 0 Å². The molecule has 0 aliphatic heterocycles. The molecule has 0 radical (unpaired) electrons. The molecule has 0 aromatic rings. The van der Waals surface area contributed by atoms with Crippen molar-refractivity contribution < 1.29 is 15.1 Å². The van der Waals surface area contributed by atoms with Gasteiger partial charge in [0.15, 0.2) is 0 Å². The van der Waals surface area contributed by atoms with Crippen LogP contribution in [0.1, 0.15) is 295 Å². The van der Waals surface area contributed by atoms with Crippen molar-refractivity contribution in [1.29, 1.82) is 0 Å². The van der Waals surface area contributed by atoms with Gasteiger partial charge < -0.3 is 0 Å². The lowest BCUT2D eigenvalue weighted by Gasteiger charge is -2.18. The summed E-state index contributed by atoms with van der Waals surface area (Å²) in [7, 11) is 0. The lowest BCUT2D eigenvalue weighted by molar-refractivity contribution is 0.349. The van der Waals surface area contributed by atoms with E-state index >= 15 is 0 Å². The minimum Gasteiger partial charge on any atom is -0.0683 e. The van der Waals surface area contributed by atoms with Crippen molar-refractivity contribution in [1.82, 2.24) is 0 Å². The fourth-order valence-electron chi connectivity index (χ4n) is 4.74. The monoisotopic (exact) mass is 722 g/mol. The molecule has 4 aliphatic carbocycles. The zero-order valence-electron chi connectivity index (χ0n) is 50.0. The van der Waals surface area contributed by atoms with Gasteiger partial charge in [-0.15, -0.1) is 0 Å². The van der Waals surface area contributed by atoms with E-state index in [0.717, 1.165) is 51.4 Å². The van der Waals surface area contributed by atoms with Gasteiger partial charge in [-0.25, -0.2) is 0 Å². The molecule has 0 atom stereocenters. The lowest BCUT2D eigenvalue weighted by Crippen LogP contribution is -2.03. The molecule has 0 heteroatoms. The van der Waals surface area contributed by atoms with Gasteiger partial charge in [0.05, 0.1) is 0 Å². The highest BCUT2D eigenvalue weighted by Crippen LogP contribution is 2.27. The van der Waals surface area contributed by atoms with Crippen molar-refractivity contribution in [2.75, 3.05) is 0 Å². The Morgan fingerprint density at radius 1 is 0.520 bits per heavy atom. The fourth-order valence-corrected chi connectivity index (χ4v) is 4.74. The van der Waals surface area contributed by atoms with Gasteiger partial charge in [-0.2, -0.15) is 0 Å². The van der Waals surface area contributed by atoms with E-state index in [1.54, 1.807) is 27.7 Å². The fraction of sp³-hybridized carbons (Fsp3) is 1.00. The Balaban J connectivity index is -0.000000197. The third-order valence-electron chi connectivity index (χ3n) is 8.27. The largest absolute Gasteiger partial charge is 0.0683 e. The standard InChI is InChI=1S/C8H16.2C7H14.C6H12.C6H14.2C5H12.C4H10.C2H6/c1-2-8-6-4-3-5-7-8;1-7-5-3-2-4-6-7;1-2-7-5-3-4-6-7;1-6-4-2-3-5-6;1-5-6(2,3)4;1-5(2,3)4;1-4-5(2)3;1-4(2)3;1-2/h8H,2-7H2,1H3;2*7H,2-6H2,1H3;6H,2-5H2,1H3;5H2,1-4H3;1-4H3;5H,4H2,1-3H3;4H,1-3H3;1-2H3/i2D2;7D;2D2;6D;5D2;;4D2;4D;. The molecule has 0 unspecified atom stereocenters. The zero-order chi connectivity index (χ0) is 50.0. The number of rotatable bonds is 3. The van der Waals surface area contributed by atoms with Gasteiger partial charge in [0.2, 0.25) is 0 Å². The van der Waals surface area contributed by atoms with E-state index < -0.39 is 25.5 Å². The van der Waals surface area contributed by atoms with E-state index in [0.29, 0.717) is 17.3 Å². The molecule has 0 spiro atoms. The Hall–Kier alpha value is 0. The van der Waals surface area contributed by atoms with Crippen molar-refractivity contribution in [2.24, 2.45) is 46.3 Å². The summed E-state index contributed by atoms with van der Waals surface area (Å²) >= 11 is 0. The predicted octanol–water partition coefficient (Wildman–Crippen LogP) is 19.6. The van der Waals surface area contributed by atoms with Gasteiger partial charge in [0.25, 0.3) is 0 Å². The summed E-state index contributed by atoms with van der Waals surface area (Å²) < 4.78 is 80.4. The van der Waals surface area contributed by atoms with Crippen LogP contribution in [0.15, 0.2) is 0 Å². The second-order valence-corrected chi connectivity index (χ2v) is 18.0. The van der Waals surface area contributed by atoms with E-state index in [1.165, 1.54) is 64.2 Å². The molecule has 0 N–H and O–H groups in total. The Morgan fingerprint density at radius 3 is 0.820 bits per heavy atom. The normalized spacial score (nSPS) is 24.0. The molecule has 4 saturated carbocycles. The number of hydrogen-bond acceptors (Lipinski definition) is 0. The van der Waals surface area contributed by atoms with Gasteiger partial charge in [-0.05, 0) is 46.3 Å². The molecule has 310 valence electrons. The van der Waals surface area contributed by atoms with Gasteiger partial charge in [-0.1, -0.05) is 280 Å². The van der Waals surface area contributed by atoms with Gasteiger partial charge in [0.1, 0.15) is 0 Å². The molecule has 0 aromatic carbocycles. The van der Waals surface area contributed by atoms with Gasteiger partial charge >= 0.3 is 0 Å². The van der Waals surface area contributed by atoms with E-state index in [4.69, 9.17) is 15.1 Å². The quantitative estimate of drug-likeness (QED) is 0.272. The van der Waals surface area contributed by atoms with Crippen LogP contribution in [-0.4, -0.2) is 0 Å². The third kappa shape index (κ3) is 69.7. The zero-order valence-corrected chi connectivity index (χ0v) is 39.0. The maximum Gasteiger partial charge on any atom is 0.0300 e. The second kappa shape index (κ2) is 41.8. The van der Waals surface area contributed by atoms with Crippen LogP contribution in [-0.2, 0) is 0 Å². The Kier molecular flexibility index (Phi) is 32.0. The number of hydrogen-bond donors (Lipinski definition) is 0. The highest BCUT2D eigenvalue weighted by molar-refractivity contribution is 4.65. The topological polar surface area (TPSA) is 0 Å². The Labute approximate surface area is 340 Å². The third-order valence-corrected chi connectivity index (χ3v) is 8.27. The summed E-state index contributed by atoms with van der Waals surface area (Å²) in [4.78, 5) is 0. The summed E-state index contributed by atoms with van der Waals surface area (Å²) in [6.07, 6.45) is 17.7. The van der Waals surface area contributed by atoms with Crippen LogP contribution < -0.4 is 0 Å². The van der Waals surface area contributed by atoms with Crippen molar-refractivity contribution in [3.05, 3.63) is 0 Å². The molecule has 0 saturated heterocycles. The van der Waals surface area contributed by atoms with Crippen molar-refractivity contribution in [3.8, 4) is 0 Å². The molecule has 4 aliphatic rings. The average Bonchev–Trinajstić information content (AvgIpc) is 3.73. The first kappa shape index (κ1) is 38.3. The first-order chi connectivity index (χ1) is 26.8. The predicted molar refractivity (Wildman–Crippen MR) is 241 cm³/mol. The van der Waals surface area contributed by atoms with E-state index in [2.05, 4.69) is 27.7 Å². The summed E-state index contributed by atoms with van der Waals surface area (Å²) in [5.41, 5.74) is 0.271. The summed E-state index contributed by atoms with van der Waals surface area (Å²) in [6, 6.07) is 0. The second-order valence-electron chi connectivity index (χ2n) is 18.0. The van der Waals surface area contributed by atoms with Gasteiger partial charge in [-0.3, -0.25) is 0 Å². The molecule has 0 bridgehead atoms. The minimum absolute atomic E-state index is 0.0556. The van der Waals surface area contributed by atoms with Crippen LogP contribution >= 0.6 is 0 Å².